The SMILES string of the molecule is Cc1ccc(-c2ccccn2)c(C=O)n1. The van der Waals surface area contributed by atoms with Crippen molar-refractivity contribution in [1.29, 1.82) is 0 Å². The summed E-state index contributed by atoms with van der Waals surface area (Å²) in [6.45, 7) is 1.86. The van der Waals surface area contributed by atoms with E-state index in [-0.39, 0.29) is 0 Å². The summed E-state index contributed by atoms with van der Waals surface area (Å²) >= 11 is 0. The molecule has 0 aromatic carbocycles. The van der Waals surface area contributed by atoms with Gasteiger partial charge in [-0.05, 0) is 31.2 Å². The zero-order valence-corrected chi connectivity index (χ0v) is 8.34. The summed E-state index contributed by atoms with van der Waals surface area (Å²) in [6, 6.07) is 9.33. The molecular weight excluding hydrogens is 188 g/mol. The van der Waals surface area contributed by atoms with Crippen LogP contribution < -0.4 is 0 Å². The highest BCUT2D eigenvalue weighted by molar-refractivity contribution is 5.83. The lowest BCUT2D eigenvalue weighted by atomic mass is 10.1. The predicted octanol–water partition coefficient (Wildman–Crippen LogP) is 2.26. The van der Waals surface area contributed by atoms with Crippen LogP contribution in [0, 0.1) is 6.92 Å². The van der Waals surface area contributed by atoms with Crippen LogP contribution in [0.2, 0.25) is 0 Å². The summed E-state index contributed by atoms with van der Waals surface area (Å²) in [5, 5.41) is 0. The van der Waals surface area contributed by atoms with Crippen molar-refractivity contribution in [3.8, 4) is 11.3 Å². The summed E-state index contributed by atoms with van der Waals surface area (Å²) in [4.78, 5) is 19.2. The molecule has 2 aromatic heterocycles. The average Bonchev–Trinajstić information content (AvgIpc) is 2.30. The van der Waals surface area contributed by atoms with Crippen molar-refractivity contribution in [1.82, 2.24) is 9.97 Å². The van der Waals surface area contributed by atoms with E-state index >= 15 is 0 Å². The van der Waals surface area contributed by atoms with Gasteiger partial charge in [0.2, 0.25) is 0 Å². The Morgan fingerprint density at radius 3 is 2.73 bits per heavy atom. The number of rotatable bonds is 2. The molecule has 0 saturated carbocycles. The van der Waals surface area contributed by atoms with Crippen molar-refractivity contribution >= 4 is 6.29 Å². The molecule has 0 N–H and O–H groups in total. The average molecular weight is 198 g/mol. The third-order valence-corrected chi connectivity index (χ3v) is 2.12. The van der Waals surface area contributed by atoms with E-state index in [1.807, 2.05) is 37.3 Å². The molecule has 0 atom stereocenters. The molecule has 3 nitrogen and oxygen atoms in total. The van der Waals surface area contributed by atoms with Gasteiger partial charge in [0.15, 0.2) is 6.29 Å². The van der Waals surface area contributed by atoms with Crippen LogP contribution in [-0.4, -0.2) is 16.3 Å². The largest absolute Gasteiger partial charge is 0.296 e. The fraction of sp³-hybridized carbons (Fsp3) is 0.0833. The fourth-order valence-corrected chi connectivity index (χ4v) is 1.41. The maximum Gasteiger partial charge on any atom is 0.169 e. The normalized spacial score (nSPS) is 9.93. The Labute approximate surface area is 87.8 Å². The highest BCUT2D eigenvalue weighted by Gasteiger charge is 2.06. The Bertz CT molecular complexity index is 480. The molecule has 2 rings (SSSR count). The zero-order valence-electron chi connectivity index (χ0n) is 8.34. The first kappa shape index (κ1) is 9.52. The minimum Gasteiger partial charge on any atom is -0.296 e. The monoisotopic (exact) mass is 198 g/mol. The van der Waals surface area contributed by atoms with Crippen LogP contribution in [0.5, 0.6) is 0 Å². The molecule has 2 aromatic rings. The summed E-state index contributed by atoms with van der Waals surface area (Å²) in [5.74, 6) is 0. The van der Waals surface area contributed by atoms with E-state index in [0.29, 0.717) is 5.69 Å². The van der Waals surface area contributed by atoms with Gasteiger partial charge in [0.25, 0.3) is 0 Å². The first-order valence-electron chi connectivity index (χ1n) is 4.65. The highest BCUT2D eigenvalue weighted by atomic mass is 16.1. The zero-order chi connectivity index (χ0) is 10.7. The van der Waals surface area contributed by atoms with E-state index in [4.69, 9.17) is 0 Å². The molecule has 0 unspecified atom stereocenters. The number of hydrogen-bond donors (Lipinski definition) is 0. The maximum absolute atomic E-state index is 10.9. The molecule has 15 heavy (non-hydrogen) atoms. The van der Waals surface area contributed by atoms with Crippen molar-refractivity contribution in [3.63, 3.8) is 0 Å². The smallest absolute Gasteiger partial charge is 0.169 e. The standard InChI is InChI=1S/C12H10N2O/c1-9-5-6-10(12(8-15)14-9)11-4-2-3-7-13-11/h2-8H,1H3. The molecule has 0 saturated heterocycles. The topological polar surface area (TPSA) is 42.9 Å². The van der Waals surface area contributed by atoms with Crippen LogP contribution in [0.4, 0.5) is 0 Å². The van der Waals surface area contributed by atoms with Crippen molar-refractivity contribution in [2.75, 3.05) is 0 Å². The second kappa shape index (κ2) is 4.00. The Balaban J connectivity index is 2.58. The molecule has 0 spiro atoms. The van der Waals surface area contributed by atoms with Crippen molar-refractivity contribution in [3.05, 3.63) is 47.9 Å². The van der Waals surface area contributed by atoms with E-state index in [0.717, 1.165) is 23.2 Å². The number of nitrogens with zero attached hydrogens (tertiary/aromatic N) is 2. The van der Waals surface area contributed by atoms with E-state index in [9.17, 15) is 4.79 Å². The summed E-state index contributed by atoms with van der Waals surface area (Å²) < 4.78 is 0. The van der Waals surface area contributed by atoms with Gasteiger partial charge in [-0.1, -0.05) is 6.07 Å². The van der Waals surface area contributed by atoms with Gasteiger partial charge < -0.3 is 0 Å². The highest BCUT2D eigenvalue weighted by Crippen LogP contribution is 2.18. The third-order valence-electron chi connectivity index (χ3n) is 2.12. The van der Waals surface area contributed by atoms with Gasteiger partial charge in [-0.25, -0.2) is 4.98 Å². The van der Waals surface area contributed by atoms with E-state index in [1.54, 1.807) is 6.20 Å². The number of hydrogen-bond acceptors (Lipinski definition) is 3. The Kier molecular flexibility index (Phi) is 2.54. The molecule has 0 amide bonds. The van der Waals surface area contributed by atoms with Gasteiger partial charge in [0.1, 0.15) is 5.69 Å². The molecule has 0 aliphatic rings. The number of aldehydes is 1. The summed E-state index contributed by atoms with van der Waals surface area (Å²) in [7, 11) is 0. The molecule has 3 heteroatoms. The van der Waals surface area contributed by atoms with Gasteiger partial charge in [0, 0.05) is 17.5 Å². The summed E-state index contributed by atoms with van der Waals surface area (Å²) in [5.41, 5.74) is 2.81. The molecular formula is C12H10N2O. The molecule has 0 aliphatic carbocycles. The number of pyridine rings is 2. The minimum atomic E-state index is 0.439. The molecule has 2 heterocycles. The summed E-state index contributed by atoms with van der Waals surface area (Å²) in [6.07, 6.45) is 2.46. The van der Waals surface area contributed by atoms with Crippen LogP contribution >= 0.6 is 0 Å². The van der Waals surface area contributed by atoms with Crippen LogP contribution in [0.3, 0.4) is 0 Å². The van der Waals surface area contributed by atoms with Gasteiger partial charge in [-0.2, -0.15) is 0 Å². The second-order valence-corrected chi connectivity index (χ2v) is 3.22. The quantitative estimate of drug-likeness (QED) is 0.695. The number of carbonyl (C=O) groups is 1. The first-order valence-corrected chi connectivity index (χ1v) is 4.65. The van der Waals surface area contributed by atoms with Crippen LogP contribution in [0.25, 0.3) is 11.3 Å². The molecule has 0 fully saturated rings. The Morgan fingerprint density at radius 2 is 2.07 bits per heavy atom. The van der Waals surface area contributed by atoms with E-state index in [2.05, 4.69) is 9.97 Å². The van der Waals surface area contributed by atoms with Gasteiger partial charge in [0.05, 0.1) is 5.69 Å². The third kappa shape index (κ3) is 1.91. The van der Waals surface area contributed by atoms with Crippen LogP contribution in [0.15, 0.2) is 36.5 Å². The van der Waals surface area contributed by atoms with E-state index < -0.39 is 0 Å². The van der Waals surface area contributed by atoms with Crippen molar-refractivity contribution < 1.29 is 4.79 Å². The minimum absolute atomic E-state index is 0.439. The second-order valence-electron chi connectivity index (χ2n) is 3.22. The van der Waals surface area contributed by atoms with Gasteiger partial charge in [-0.3, -0.25) is 9.78 Å². The number of aromatic nitrogens is 2. The predicted molar refractivity (Wildman–Crippen MR) is 57.6 cm³/mol. The first-order chi connectivity index (χ1) is 7.31. The maximum atomic E-state index is 10.9. The lowest BCUT2D eigenvalue weighted by Gasteiger charge is -2.03. The van der Waals surface area contributed by atoms with Crippen molar-refractivity contribution in [2.45, 2.75) is 6.92 Å². The van der Waals surface area contributed by atoms with Crippen LogP contribution in [0.1, 0.15) is 16.2 Å². The fourth-order valence-electron chi connectivity index (χ4n) is 1.41. The number of carbonyl (C=O) groups excluding carboxylic acids is 1. The Hall–Kier alpha value is -2.03. The number of aryl methyl sites for hydroxylation is 1. The van der Waals surface area contributed by atoms with E-state index in [1.165, 1.54) is 0 Å². The molecule has 74 valence electrons. The molecule has 0 bridgehead atoms. The van der Waals surface area contributed by atoms with Crippen molar-refractivity contribution in [2.24, 2.45) is 0 Å². The Morgan fingerprint density at radius 1 is 1.20 bits per heavy atom. The van der Waals surface area contributed by atoms with Gasteiger partial charge >= 0.3 is 0 Å². The lowest BCUT2D eigenvalue weighted by Crippen LogP contribution is -1.95. The van der Waals surface area contributed by atoms with Crippen LogP contribution in [-0.2, 0) is 0 Å². The lowest BCUT2D eigenvalue weighted by molar-refractivity contribution is 0.111. The molecule has 0 radical (unpaired) electrons. The molecule has 0 aliphatic heterocycles. The van der Waals surface area contributed by atoms with Gasteiger partial charge in [-0.15, -0.1) is 0 Å².